The number of piperidine rings is 1. The maximum Gasteiger partial charge on any atom is 0.248 e. The van der Waals surface area contributed by atoms with Crippen LogP contribution in [0.25, 0.3) is 12.2 Å². The van der Waals surface area contributed by atoms with Gasteiger partial charge in [0.15, 0.2) is 10.7 Å². The molecule has 1 aliphatic heterocycles. The van der Waals surface area contributed by atoms with Crippen molar-refractivity contribution in [2.24, 2.45) is 5.92 Å². The van der Waals surface area contributed by atoms with Gasteiger partial charge in [-0.1, -0.05) is 53.2 Å². The van der Waals surface area contributed by atoms with Gasteiger partial charge in [-0.2, -0.15) is 4.31 Å². The number of sulfonamides is 1. The van der Waals surface area contributed by atoms with Crippen LogP contribution in [-0.2, 0) is 21.4 Å². The van der Waals surface area contributed by atoms with E-state index in [1.807, 2.05) is 69.3 Å². The van der Waals surface area contributed by atoms with Crippen LogP contribution in [0.4, 0.5) is 0 Å². The number of benzene rings is 2. The van der Waals surface area contributed by atoms with E-state index in [9.17, 15) is 13.2 Å². The van der Waals surface area contributed by atoms with Crippen molar-refractivity contribution in [3.63, 3.8) is 0 Å². The van der Waals surface area contributed by atoms with Crippen molar-refractivity contribution in [3.8, 4) is 5.75 Å². The Kier molecular flexibility index (Phi) is 8.69. The summed E-state index contributed by atoms with van der Waals surface area (Å²) >= 11 is 0. The Bertz CT molecular complexity index is 1370. The third-order valence-electron chi connectivity index (χ3n) is 6.52. The molecular formula is C29H35N3O5S. The van der Waals surface area contributed by atoms with E-state index in [4.69, 9.17) is 9.26 Å². The van der Waals surface area contributed by atoms with Crippen LogP contribution in [0.1, 0.15) is 54.8 Å². The number of hydrogen-bond acceptors (Lipinski definition) is 6. The lowest BCUT2D eigenvalue weighted by molar-refractivity contribution is -0.126. The molecular weight excluding hydrogens is 502 g/mol. The average molecular weight is 538 g/mol. The third kappa shape index (κ3) is 6.71. The van der Waals surface area contributed by atoms with Crippen LogP contribution in [0, 0.1) is 19.8 Å². The normalized spacial score (nSPS) is 15.3. The molecule has 9 heteroatoms. The monoisotopic (exact) mass is 537 g/mol. The standard InChI is InChI=1S/C29H35N3O5S/c1-20(2)36-26-12-9-24(10-13-26)19-30-29(33)25-15-17-32(18-16-25)38(34,35)28-22(4)31-37-27(28)14-11-23-7-5-21(3)6-8-23/h5-14,20,25H,15-19H2,1-4H3,(H,30,33). The topological polar surface area (TPSA) is 102 Å². The van der Waals surface area contributed by atoms with Crippen molar-refractivity contribution in [2.45, 2.75) is 58.1 Å². The zero-order valence-electron chi connectivity index (χ0n) is 22.3. The first-order valence-electron chi connectivity index (χ1n) is 12.9. The fourth-order valence-electron chi connectivity index (χ4n) is 4.43. The quantitative estimate of drug-likeness (QED) is 0.414. The molecule has 38 heavy (non-hydrogen) atoms. The number of aromatic nitrogens is 1. The third-order valence-corrected chi connectivity index (χ3v) is 8.58. The Labute approximate surface area is 224 Å². The molecule has 0 aliphatic carbocycles. The molecule has 0 spiro atoms. The van der Waals surface area contributed by atoms with Gasteiger partial charge >= 0.3 is 0 Å². The minimum atomic E-state index is -3.83. The Balaban J connectivity index is 1.35. The molecule has 1 amide bonds. The molecule has 4 rings (SSSR count). The number of nitrogens with one attached hydrogen (secondary N) is 1. The largest absolute Gasteiger partial charge is 0.491 e. The number of carbonyl (C=O) groups excluding carboxylic acids is 1. The molecule has 0 saturated carbocycles. The highest BCUT2D eigenvalue weighted by molar-refractivity contribution is 7.89. The van der Waals surface area contributed by atoms with E-state index >= 15 is 0 Å². The summed E-state index contributed by atoms with van der Waals surface area (Å²) in [6.45, 7) is 8.51. The summed E-state index contributed by atoms with van der Waals surface area (Å²) in [5, 5.41) is 6.90. The first-order valence-corrected chi connectivity index (χ1v) is 14.3. The zero-order chi connectivity index (χ0) is 27.3. The van der Waals surface area contributed by atoms with Crippen molar-refractivity contribution >= 4 is 28.1 Å². The highest BCUT2D eigenvalue weighted by atomic mass is 32.2. The Hall–Kier alpha value is -3.43. The first kappa shape index (κ1) is 27.6. The van der Waals surface area contributed by atoms with Crippen LogP contribution in [-0.4, -0.2) is 43.0 Å². The molecule has 0 unspecified atom stereocenters. The summed E-state index contributed by atoms with van der Waals surface area (Å²) in [6, 6.07) is 15.5. The average Bonchev–Trinajstić information content (AvgIpc) is 3.28. The number of aryl methyl sites for hydroxylation is 2. The second-order valence-corrected chi connectivity index (χ2v) is 11.8. The summed E-state index contributed by atoms with van der Waals surface area (Å²) in [6.07, 6.45) is 4.45. The number of nitrogens with zero attached hydrogens (tertiary/aromatic N) is 2. The van der Waals surface area contributed by atoms with Gasteiger partial charge < -0.3 is 14.6 Å². The van der Waals surface area contributed by atoms with Gasteiger partial charge in [0.25, 0.3) is 0 Å². The molecule has 2 aromatic carbocycles. The van der Waals surface area contributed by atoms with Gasteiger partial charge in [-0.25, -0.2) is 8.42 Å². The van der Waals surface area contributed by atoms with Gasteiger partial charge in [-0.15, -0.1) is 0 Å². The fraction of sp³-hybridized carbons (Fsp3) is 0.379. The van der Waals surface area contributed by atoms with E-state index in [2.05, 4.69) is 10.5 Å². The van der Waals surface area contributed by atoms with E-state index in [1.165, 1.54) is 4.31 Å². The molecule has 1 aliphatic rings. The van der Waals surface area contributed by atoms with Crippen LogP contribution in [0.2, 0.25) is 0 Å². The maximum absolute atomic E-state index is 13.5. The number of ether oxygens (including phenoxy) is 1. The molecule has 1 aromatic heterocycles. The van der Waals surface area contributed by atoms with Crippen molar-refractivity contribution in [1.82, 2.24) is 14.8 Å². The highest BCUT2D eigenvalue weighted by Gasteiger charge is 2.35. The van der Waals surface area contributed by atoms with Crippen molar-refractivity contribution in [3.05, 3.63) is 76.7 Å². The Morgan fingerprint density at radius 3 is 2.37 bits per heavy atom. The van der Waals surface area contributed by atoms with Gasteiger partial charge in [0, 0.05) is 25.6 Å². The Morgan fingerprint density at radius 1 is 1.08 bits per heavy atom. The smallest absolute Gasteiger partial charge is 0.248 e. The molecule has 1 N–H and O–H groups in total. The molecule has 3 aromatic rings. The molecule has 202 valence electrons. The molecule has 8 nitrogen and oxygen atoms in total. The minimum Gasteiger partial charge on any atom is -0.491 e. The minimum absolute atomic E-state index is 0.0626. The zero-order valence-corrected chi connectivity index (χ0v) is 23.1. The van der Waals surface area contributed by atoms with Gasteiger partial charge in [0.05, 0.1) is 6.10 Å². The predicted octanol–water partition coefficient (Wildman–Crippen LogP) is 4.97. The van der Waals surface area contributed by atoms with Crippen LogP contribution in [0.15, 0.2) is 57.9 Å². The van der Waals surface area contributed by atoms with Crippen LogP contribution >= 0.6 is 0 Å². The van der Waals surface area contributed by atoms with Gasteiger partial charge in [-0.3, -0.25) is 4.79 Å². The lowest BCUT2D eigenvalue weighted by atomic mass is 9.97. The second kappa shape index (κ2) is 12.0. The molecule has 0 radical (unpaired) electrons. The Morgan fingerprint density at radius 2 is 1.74 bits per heavy atom. The molecule has 1 saturated heterocycles. The number of amides is 1. The first-order chi connectivity index (χ1) is 18.1. The van der Waals surface area contributed by atoms with Crippen LogP contribution in [0.5, 0.6) is 5.75 Å². The summed E-state index contributed by atoms with van der Waals surface area (Å²) in [5.74, 6) is 0.690. The molecule has 0 atom stereocenters. The van der Waals surface area contributed by atoms with E-state index in [0.29, 0.717) is 25.1 Å². The second-order valence-electron chi connectivity index (χ2n) is 9.91. The van der Waals surface area contributed by atoms with Crippen molar-refractivity contribution in [2.75, 3.05) is 13.1 Å². The van der Waals surface area contributed by atoms with Crippen molar-refractivity contribution in [1.29, 1.82) is 0 Å². The summed E-state index contributed by atoms with van der Waals surface area (Å²) in [4.78, 5) is 12.9. The van der Waals surface area contributed by atoms with E-state index in [1.54, 1.807) is 19.1 Å². The predicted molar refractivity (Wildman–Crippen MR) is 147 cm³/mol. The summed E-state index contributed by atoms with van der Waals surface area (Å²) < 4.78 is 39.5. The number of carbonyl (C=O) groups is 1. The van der Waals surface area contributed by atoms with Crippen LogP contribution in [0.3, 0.4) is 0 Å². The molecule has 1 fully saturated rings. The number of rotatable bonds is 9. The maximum atomic E-state index is 13.5. The van der Waals surface area contributed by atoms with Gasteiger partial charge in [0.1, 0.15) is 11.4 Å². The van der Waals surface area contributed by atoms with Gasteiger partial charge in [-0.05, 0) is 69.9 Å². The highest BCUT2D eigenvalue weighted by Crippen LogP contribution is 2.29. The van der Waals surface area contributed by atoms with E-state index < -0.39 is 10.0 Å². The molecule has 2 heterocycles. The summed E-state index contributed by atoms with van der Waals surface area (Å²) in [5.41, 5.74) is 3.37. The fourth-order valence-corrected chi connectivity index (χ4v) is 6.15. The van der Waals surface area contributed by atoms with Crippen molar-refractivity contribution < 1.29 is 22.5 Å². The van der Waals surface area contributed by atoms with Gasteiger partial charge in [0.2, 0.25) is 15.9 Å². The SMILES string of the molecule is Cc1ccc(C=Cc2onc(C)c2S(=O)(=O)N2CCC(C(=O)NCc3ccc(OC(C)C)cc3)CC2)cc1. The summed E-state index contributed by atoms with van der Waals surface area (Å²) in [7, 11) is -3.83. The lowest BCUT2D eigenvalue weighted by Gasteiger charge is -2.30. The van der Waals surface area contributed by atoms with E-state index in [0.717, 1.165) is 22.4 Å². The lowest BCUT2D eigenvalue weighted by Crippen LogP contribution is -2.43. The van der Waals surface area contributed by atoms with E-state index in [-0.39, 0.29) is 41.7 Å². The number of hydrogen-bond donors (Lipinski definition) is 1. The van der Waals surface area contributed by atoms with Crippen LogP contribution < -0.4 is 10.1 Å². The molecule has 0 bridgehead atoms.